The van der Waals surface area contributed by atoms with Crippen molar-refractivity contribution in [2.45, 2.75) is 61.7 Å². The minimum Gasteiger partial charge on any atom is -0.394 e. The second-order valence-electron chi connectivity index (χ2n) is 12.9. The number of hydrogen-bond donors (Lipinski definition) is 1. The van der Waals surface area contributed by atoms with Gasteiger partial charge in [0.1, 0.15) is 6.04 Å². The lowest BCUT2D eigenvalue weighted by atomic mass is 9.65. The van der Waals surface area contributed by atoms with E-state index < -0.39 is 34.2 Å². The molecule has 3 aliphatic heterocycles. The molecule has 43 heavy (non-hydrogen) atoms. The van der Waals surface area contributed by atoms with Gasteiger partial charge < -0.3 is 19.8 Å². The average Bonchev–Trinajstić information content (AvgIpc) is 3.58. The average molecular weight is 602 g/mol. The van der Waals surface area contributed by atoms with Gasteiger partial charge in [-0.3, -0.25) is 14.4 Å². The number of aliphatic hydroxyl groups is 1. The maximum atomic E-state index is 14.9. The molecule has 0 aromatic heterocycles. The van der Waals surface area contributed by atoms with E-state index in [-0.39, 0.29) is 35.5 Å². The molecule has 7 atom stereocenters. The van der Waals surface area contributed by atoms with Crippen LogP contribution < -0.4 is 4.90 Å². The van der Waals surface area contributed by atoms with E-state index in [9.17, 15) is 19.5 Å². The number of likely N-dealkylation sites (tertiary alicyclic amines) is 1. The number of aliphatic hydroxyl groups excluding tert-OH is 1. The number of carbonyl (C=O) groups excluding carboxylic acids is 3. The zero-order valence-corrected chi connectivity index (χ0v) is 26.4. The van der Waals surface area contributed by atoms with Crippen LogP contribution in [-0.2, 0) is 14.4 Å². The SMILES string of the molecule is C=CCN(C(=O)[C@@H]1[C@@H]2CC(C)C3(S2)C(C(=O)N(CC=C)C(C)(C)C)N([C@H](CO)c2ccccc2)C(=O)[C@H]13)c1ccccc1. The first-order valence-electron chi connectivity index (χ1n) is 15.1. The highest BCUT2D eigenvalue weighted by molar-refractivity contribution is 8.02. The molecular formula is C35H43N3O4S. The lowest BCUT2D eigenvalue weighted by molar-refractivity contribution is -0.148. The Labute approximate surface area is 259 Å². The molecule has 3 aliphatic rings. The van der Waals surface area contributed by atoms with Crippen molar-refractivity contribution in [1.82, 2.24) is 9.80 Å². The van der Waals surface area contributed by atoms with Crippen LogP contribution in [0.25, 0.3) is 0 Å². The molecule has 5 rings (SSSR count). The van der Waals surface area contributed by atoms with Gasteiger partial charge in [-0.05, 0) is 50.8 Å². The summed E-state index contributed by atoms with van der Waals surface area (Å²) in [7, 11) is 0. The molecule has 3 heterocycles. The summed E-state index contributed by atoms with van der Waals surface area (Å²) in [6.07, 6.45) is 4.14. The second-order valence-corrected chi connectivity index (χ2v) is 14.4. The zero-order valence-electron chi connectivity index (χ0n) is 25.6. The van der Waals surface area contributed by atoms with Gasteiger partial charge in [-0.1, -0.05) is 67.6 Å². The summed E-state index contributed by atoms with van der Waals surface area (Å²) in [5, 5.41) is 10.7. The van der Waals surface area contributed by atoms with Gasteiger partial charge in [0, 0.05) is 29.6 Å². The predicted molar refractivity (Wildman–Crippen MR) is 172 cm³/mol. The molecule has 0 radical (unpaired) electrons. The van der Waals surface area contributed by atoms with Crippen LogP contribution in [0.1, 0.15) is 45.7 Å². The van der Waals surface area contributed by atoms with Gasteiger partial charge in [0.2, 0.25) is 17.7 Å². The van der Waals surface area contributed by atoms with Gasteiger partial charge in [0.25, 0.3) is 0 Å². The Hall–Kier alpha value is -3.36. The molecule has 3 amide bonds. The quantitative estimate of drug-likeness (QED) is 0.384. The van der Waals surface area contributed by atoms with E-state index in [0.29, 0.717) is 13.1 Å². The smallest absolute Gasteiger partial charge is 0.247 e. The van der Waals surface area contributed by atoms with Crippen molar-refractivity contribution in [2.75, 3.05) is 24.6 Å². The molecule has 3 saturated heterocycles. The molecule has 228 valence electrons. The first kappa shape index (κ1) is 31.1. The van der Waals surface area contributed by atoms with Crippen LogP contribution in [0.2, 0.25) is 0 Å². The van der Waals surface area contributed by atoms with Crippen LogP contribution in [-0.4, -0.2) is 73.9 Å². The highest BCUT2D eigenvalue weighted by Crippen LogP contribution is 2.69. The number of nitrogens with zero attached hydrogens (tertiary/aromatic N) is 3. The third-order valence-electron chi connectivity index (χ3n) is 9.43. The molecular weight excluding hydrogens is 558 g/mol. The van der Waals surface area contributed by atoms with Gasteiger partial charge in [-0.15, -0.1) is 24.9 Å². The fraction of sp³-hybridized carbons (Fsp3) is 0.457. The van der Waals surface area contributed by atoms with Gasteiger partial charge >= 0.3 is 0 Å². The van der Waals surface area contributed by atoms with Crippen LogP contribution in [0, 0.1) is 17.8 Å². The van der Waals surface area contributed by atoms with Crippen molar-refractivity contribution in [3.05, 3.63) is 91.5 Å². The Kier molecular flexibility index (Phi) is 8.65. The second kappa shape index (κ2) is 12.0. The Morgan fingerprint density at radius 2 is 1.65 bits per heavy atom. The predicted octanol–water partition coefficient (Wildman–Crippen LogP) is 5.09. The maximum absolute atomic E-state index is 14.9. The number of carbonyl (C=O) groups is 3. The summed E-state index contributed by atoms with van der Waals surface area (Å²) in [6.45, 7) is 16.1. The first-order valence-corrected chi connectivity index (χ1v) is 16.0. The highest BCUT2D eigenvalue weighted by Gasteiger charge is 2.77. The number of thioether (sulfide) groups is 1. The summed E-state index contributed by atoms with van der Waals surface area (Å²) < 4.78 is -0.817. The summed E-state index contributed by atoms with van der Waals surface area (Å²) >= 11 is 1.65. The van der Waals surface area contributed by atoms with E-state index in [1.807, 2.05) is 81.4 Å². The highest BCUT2D eigenvalue weighted by atomic mass is 32.2. The third kappa shape index (κ3) is 5.02. The van der Waals surface area contributed by atoms with Crippen molar-refractivity contribution in [3.8, 4) is 0 Å². The molecule has 0 aliphatic carbocycles. The minimum absolute atomic E-state index is 0.00435. The summed E-state index contributed by atoms with van der Waals surface area (Å²) in [5.74, 6) is -1.83. The van der Waals surface area contributed by atoms with E-state index in [4.69, 9.17) is 0 Å². The molecule has 7 nitrogen and oxygen atoms in total. The molecule has 2 aromatic carbocycles. The van der Waals surface area contributed by atoms with E-state index in [1.54, 1.807) is 38.6 Å². The van der Waals surface area contributed by atoms with Gasteiger partial charge in [-0.25, -0.2) is 0 Å². The van der Waals surface area contributed by atoms with Gasteiger partial charge in [0.15, 0.2) is 0 Å². The van der Waals surface area contributed by atoms with Gasteiger partial charge in [-0.2, -0.15) is 0 Å². The van der Waals surface area contributed by atoms with Crippen molar-refractivity contribution in [1.29, 1.82) is 0 Å². The van der Waals surface area contributed by atoms with E-state index in [0.717, 1.165) is 17.7 Å². The van der Waals surface area contributed by atoms with Crippen LogP contribution >= 0.6 is 11.8 Å². The maximum Gasteiger partial charge on any atom is 0.247 e. The van der Waals surface area contributed by atoms with Crippen molar-refractivity contribution < 1.29 is 19.5 Å². The number of amides is 3. The lowest BCUT2D eigenvalue weighted by Gasteiger charge is -2.45. The largest absolute Gasteiger partial charge is 0.394 e. The topological polar surface area (TPSA) is 81.2 Å². The number of anilines is 1. The monoisotopic (exact) mass is 601 g/mol. The Morgan fingerprint density at radius 1 is 1.05 bits per heavy atom. The Balaban J connectivity index is 1.67. The normalized spacial score (nSPS) is 28.3. The number of benzene rings is 2. The van der Waals surface area contributed by atoms with E-state index in [1.165, 1.54) is 0 Å². The van der Waals surface area contributed by atoms with Crippen molar-refractivity contribution in [2.24, 2.45) is 17.8 Å². The van der Waals surface area contributed by atoms with Crippen LogP contribution in [0.15, 0.2) is 86.0 Å². The number of hydrogen-bond acceptors (Lipinski definition) is 5. The summed E-state index contributed by atoms with van der Waals surface area (Å²) in [6, 6.07) is 17.3. The third-order valence-corrected chi connectivity index (χ3v) is 11.5. The van der Waals surface area contributed by atoms with Crippen molar-refractivity contribution in [3.63, 3.8) is 0 Å². The molecule has 2 aromatic rings. The Bertz CT molecular complexity index is 1380. The van der Waals surface area contributed by atoms with Gasteiger partial charge in [0.05, 0.1) is 29.2 Å². The van der Waals surface area contributed by atoms with Crippen LogP contribution in [0.5, 0.6) is 0 Å². The minimum atomic E-state index is -0.853. The standard InChI is InChI=1S/C35H43N3O4S/c1-7-19-36(25-17-13-10-14-18-25)31(40)28-27-21-23(3)35(43-27)29(28)32(41)38(26(22-39)24-15-11-9-12-16-24)30(35)33(42)37(20-8-2)34(4,5)6/h7-18,23,26-30,39H,1-2,19-22H2,3-6H3/t23?,26-,27+,28-,29+,30?,35?/m1/s1. The number of fused-ring (bicyclic) bond motifs is 1. The molecule has 3 unspecified atom stereocenters. The van der Waals surface area contributed by atoms with E-state index in [2.05, 4.69) is 20.1 Å². The molecule has 1 N–H and O–H groups in total. The molecule has 1 spiro atoms. The fourth-order valence-corrected chi connectivity index (χ4v) is 9.99. The number of rotatable bonds is 10. The summed E-state index contributed by atoms with van der Waals surface area (Å²) in [5.41, 5.74) is 0.968. The molecule has 0 saturated carbocycles. The van der Waals surface area contributed by atoms with Crippen LogP contribution in [0.3, 0.4) is 0 Å². The lowest BCUT2D eigenvalue weighted by Crippen LogP contribution is -2.61. The van der Waals surface area contributed by atoms with E-state index >= 15 is 0 Å². The summed E-state index contributed by atoms with van der Waals surface area (Å²) in [4.78, 5) is 49.4. The molecule has 8 heteroatoms. The number of para-hydroxylation sites is 1. The van der Waals surface area contributed by atoms with Crippen LogP contribution in [0.4, 0.5) is 5.69 Å². The van der Waals surface area contributed by atoms with Crippen molar-refractivity contribution >= 4 is 35.2 Å². The molecule has 3 fully saturated rings. The first-order chi connectivity index (χ1) is 20.5. The fourth-order valence-electron chi connectivity index (χ4n) is 7.60. The molecule has 2 bridgehead atoms. The Morgan fingerprint density at radius 3 is 2.21 bits per heavy atom. The zero-order chi connectivity index (χ0) is 31.1.